The molecule has 0 saturated heterocycles. The molecule has 0 saturated carbocycles. The number of fused-ring (bicyclic) bond motifs is 2. The van der Waals surface area contributed by atoms with Gasteiger partial charge < -0.3 is 8.83 Å². The van der Waals surface area contributed by atoms with E-state index in [4.69, 9.17) is 8.83 Å². The summed E-state index contributed by atoms with van der Waals surface area (Å²) >= 11 is 0. The van der Waals surface area contributed by atoms with Crippen molar-refractivity contribution >= 4 is 23.3 Å². The highest BCUT2D eigenvalue weighted by molar-refractivity contribution is 6.08. The van der Waals surface area contributed by atoms with Crippen molar-refractivity contribution in [3.8, 4) is 0 Å². The third kappa shape index (κ3) is 0.865. The maximum atomic E-state index is 5.37. The van der Waals surface area contributed by atoms with Gasteiger partial charge >= 0.3 is 0 Å². The molecular weight excluding hydrogens is 200 g/mol. The molecule has 0 fully saturated rings. The van der Waals surface area contributed by atoms with Crippen molar-refractivity contribution in [2.24, 2.45) is 0 Å². The molecule has 2 aliphatic carbocycles. The molecule has 0 atom stereocenters. The fraction of sp³-hybridized carbons (Fsp3) is 0. The summed E-state index contributed by atoms with van der Waals surface area (Å²) in [6.07, 6.45) is 11.6. The molecule has 2 aliphatic rings. The third-order valence-electron chi connectivity index (χ3n) is 3.06. The Morgan fingerprint density at radius 1 is 0.625 bits per heavy atom. The van der Waals surface area contributed by atoms with Crippen molar-refractivity contribution in [2.45, 2.75) is 0 Å². The van der Waals surface area contributed by atoms with E-state index >= 15 is 0 Å². The van der Waals surface area contributed by atoms with Crippen LogP contribution in [0.25, 0.3) is 23.3 Å². The molecule has 0 unspecified atom stereocenters. The zero-order valence-electron chi connectivity index (χ0n) is 8.44. The lowest BCUT2D eigenvalue weighted by Gasteiger charge is -2.00. The molecule has 0 amide bonds. The summed E-state index contributed by atoms with van der Waals surface area (Å²) in [6.45, 7) is 0. The number of furan rings is 2. The molecular formula is C14H8O2. The van der Waals surface area contributed by atoms with Crippen molar-refractivity contribution in [2.75, 3.05) is 0 Å². The first-order chi connectivity index (χ1) is 7.93. The summed E-state index contributed by atoms with van der Waals surface area (Å²) in [7, 11) is 0. The van der Waals surface area contributed by atoms with Crippen molar-refractivity contribution in [1.29, 1.82) is 0 Å². The van der Waals surface area contributed by atoms with Gasteiger partial charge in [-0.2, -0.15) is 0 Å². The minimum atomic E-state index is 0.938. The zero-order valence-corrected chi connectivity index (χ0v) is 8.44. The average Bonchev–Trinajstić information content (AvgIpc) is 2.97. The Bertz CT molecular complexity index is 604. The minimum Gasteiger partial charge on any atom is -0.464 e. The van der Waals surface area contributed by atoms with Crippen LogP contribution >= 0.6 is 0 Å². The maximum Gasteiger partial charge on any atom is 0.134 e. The van der Waals surface area contributed by atoms with Gasteiger partial charge in [0.15, 0.2) is 0 Å². The van der Waals surface area contributed by atoms with E-state index in [9.17, 15) is 0 Å². The first kappa shape index (κ1) is 7.99. The average molecular weight is 208 g/mol. The molecule has 4 rings (SSSR count). The molecule has 2 heterocycles. The highest BCUT2D eigenvalue weighted by atomic mass is 16.3. The first-order valence-corrected chi connectivity index (χ1v) is 5.20. The second-order valence-corrected chi connectivity index (χ2v) is 3.89. The summed E-state index contributed by atoms with van der Waals surface area (Å²) in [6, 6.07) is 4.01. The molecule has 76 valence electrons. The van der Waals surface area contributed by atoms with Crippen LogP contribution in [0.15, 0.2) is 45.6 Å². The van der Waals surface area contributed by atoms with Gasteiger partial charge in [0.2, 0.25) is 0 Å². The van der Waals surface area contributed by atoms with Crippen molar-refractivity contribution in [3.63, 3.8) is 0 Å². The maximum absolute atomic E-state index is 5.37. The lowest BCUT2D eigenvalue weighted by Crippen LogP contribution is -1.81. The van der Waals surface area contributed by atoms with E-state index in [1.165, 1.54) is 11.1 Å². The smallest absolute Gasteiger partial charge is 0.134 e. The normalized spacial score (nSPS) is 20.5. The molecule has 2 nitrogen and oxygen atoms in total. The zero-order chi connectivity index (χ0) is 10.5. The summed E-state index contributed by atoms with van der Waals surface area (Å²) in [5, 5.41) is 0. The molecule has 2 aromatic heterocycles. The van der Waals surface area contributed by atoms with Crippen LogP contribution in [0.5, 0.6) is 0 Å². The number of hydrogen-bond acceptors (Lipinski definition) is 2. The van der Waals surface area contributed by atoms with Crippen LogP contribution in [0.3, 0.4) is 0 Å². The number of allylic oxidation sites excluding steroid dienone is 4. The molecule has 2 aromatic rings. The van der Waals surface area contributed by atoms with Crippen LogP contribution < -0.4 is 0 Å². The Hall–Kier alpha value is -2.22. The second kappa shape index (κ2) is 2.67. The Balaban J connectivity index is 2.02. The van der Waals surface area contributed by atoms with Gasteiger partial charge in [0.25, 0.3) is 0 Å². The van der Waals surface area contributed by atoms with E-state index in [0.29, 0.717) is 0 Å². The van der Waals surface area contributed by atoms with Gasteiger partial charge in [-0.15, -0.1) is 0 Å². The van der Waals surface area contributed by atoms with Gasteiger partial charge in [0.1, 0.15) is 11.5 Å². The van der Waals surface area contributed by atoms with Gasteiger partial charge in [-0.1, -0.05) is 0 Å². The standard InChI is InChI=1S/C14H8O2/c1-3-13-11(5-7-15-13)9(1)10-2-4-14-12(10)6-8-16-14/h1-8H/b10-9+. The first-order valence-electron chi connectivity index (χ1n) is 5.20. The summed E-state index contributed by atoms with van der Waals surface area (Å²) in [5.74, 6) is 1.88. The highest BCUT2D eigenvalue weighted by Crippen LogP contribution is 2.40. The van der Waals surface area contributed by atoms with E-state index in [1.54, 1.807) is 12.5 Å². The summed E-state index contributed by atoms with van der Waals surface area (Å²) in [4.78, 5) is 0. The second-order valence-electron chi connectivity index (χ2n) is 3.89. The van der Waals surface area contributed by atoms with Crippen molar-refractivity contribution in [3.05, 3.63) is 59.5 Å². The molecule has 0 bridgehead atoms. The Labute approximate surface area is 92.2 Å². The molecule has 16 heavy (non-hydrogen) atoms. The van der Waals surface area contributed by atoms with Crippen LogP contribution in [0.2, 0.25) is 0 Å². The van der Waals surface area contributed by atoms with Crippen molar-refractivity contribution < 1.29 is 8.83 Å². The SMILES string of the molecule is C1=Cc2occc2/C1=C1\C=Cc2occc21. The van der Waals surface area contributed by atoms with Gasteiger partial charge in [-0.25, -0.2) is 0 Å². The van der Waals surface area contributed by atoms with Gasteiger partial charge in [-0.05, 0) is 47.6 Å². The number of rotatable bonds is 0. The van der Waals surface area contributed by atoms with Crippen LogP contribution in [0, 0.1) is 0 Å². The van der Waals surface area contributed by atoms with Crippen molar-refractivity contribution in [1.82, 2.24) is 0 Å². The molecule has 0 aliphatic heterocycles. The molecule has 0 radical (unpaired) electrons. The van der Waals surface area contributed by atoms with E-state index in [1.807, 2.05) is 24.3 Å². The lowest BCUT2D eigenvalue weighted by molar-refractivity contribution is 0.557. The lowest BCUT2D eigenvalue weighted by atomic mass is 10.0. The quantitative estimate of drug-likeness (QED) is 0.657. The largest absolute Gasteiger partial charge is 0.464 e. The van der Waals surface area contributed by atoms with Crippen LogP contribution in [0.1, 0.15) is 22.6 Å². The van der Waals surface area contributed by atoms with E-state index in [0.717, 1.165) is 22.6 Å². The topological polar surface area (TPSA) is 26.3 Å². The van der Waals surface area contributed by atoms with E-state index < -0.39 is 0 Å². The monoisotopic (exact) mass is 208 g/mol. The Morgan fingerprint density at radius 3 is 1.62 bits per heavy atom. The van der Waals surface area contributed by atoms with E-state index in [-0.39, 0.29) is 0 Å². The molecule has 0 spiro atoms. The fourth-order valence-corrected chi connectivity index (χ4v) is 2.31. The number of hydrogen-bond donors (Lipinski definition) is 0. The fourth-order valence-electron chi connectivity index (χ4n) is 2.31. The minimum absolute atomic E-state index is 0.938. The van der Waals surface area contributed by atoms with Gasteiger partial charge in [-0.3, -0.25) is 0 Å². The predicted octanol–water partition coefficient (Wildman–Crippen LogP) is 3.84. The van der Waals surface area contributed by atoms with E-state index in [2.05, 4.69) is 12.2 Å². The van der Waals surface area contributed by atoms with Gasteiger partial charge in [0, 0.05) is 11.1 Å². The summed E-state index contributed by atoms with van der Waals surface area (Å²) < 4.78 is 10.7. The Kier molecular flexibility index (Phi) is 1.33. The molecule has 2 heteroatoms. The Morgan fingerprint density at radius 2 is 1.12 bits per heavy atom. The molecule has 0 N–H and O–H groups in total. The summed E-state index contributed by atoms with van der Waals surface area (Å²) in [5.41, 5.74) is 4.74. The van der Waals surface area contributed by atoms with Gasteiger partial charge in [0.05, 0.1) is 12.5 Å². The van der Waals surface area contributed by atoms with Crippen LogP contribution in [0.4, 0.5) is 0 Å². The highest BCUT2D eigenvalue weighted by Gasteiger charge is 2.21. The molecule has 0 aromatic carbocycles. The third-order valence-corrected chi connectivity index (χ3v) is 3.06. The van der Waals surface area contributed by atoms with Crippen LogP contribution in [-0.4, -0.2) is 0 Å². The van der Waals surface area contributed by atoms with Crippen LogP contribution in [-0.2, 0) is 0 Å². The predicted molar refractivity (Wildman–Crippen MR) is 62.3 cm³/mol.